The van der Waals surface area contributed by atoms with Gasteiger partial charge in [-0.3, -0.25) is 14.4 Å². The fourth-order valence-electron chi connectivity index (χ4n) is 3.64. The molecule has 4 rings (SSSR count). The third-order valence-electron chi connectivity index (χ3n) is 5.55. The van der Waals surface area contributed by atoms with Crippen molar-refractivity contribution in [3.8, 4) is 5.75 Å². The number of benzene rings is 2. The number of carbonyl (C=O) groups is 2. The summed E-state index contributed by atoms with van der Waals surface area (Å²) in [6.45, 7) is 2.21. The first-order valence-corrected chi connectivity index (χ1v) is 12.3. The van der Waals surface area contributed by atoms with E-state index in [0.29, 0.717) is 23.2 Å². The standard InChI is InChI=1S/C27H26N2O6S/c1-17(30)35-14-20-8-6-19(7-9-20)13-34-15-21-16-36-27-24(21)26(32)28-25(29-27)23(31)11-10-18-4-3-5-22(12-18)33-2/h3-9,12,16H,10-11,13-15H2,1-2H3,(H,28,29,32). The number of rotatable bonds is 11. The highest BCUT2D eigenvalue weighted by Gasteiger charge is 2.16. The molecule has 2 heterocycles. The minimum atomic E-state index is -0.348. The zero-order chi connectivity index (χ0) is 25.5. The molecule has 4 aromatic rings. The van der Waals surface area contributed by atoms with Crippen LogP contribution in [0, 0.1) is 0 Å². The van der Waals surface area contributed by atoms with Crippen LogP contribution in [0.15, 0.2) is 58.7 Å². The Balaban J connectivity index is 1.36. The van der Waals surface area contributed by atoms with Crippen molar-refractivity contribution in [1.29, 1.82) is 0 Å². The van der Waals surface area contributed by atoms with E-state index in [1.165, 1.54) is 18.3 Å². The first-order chi connectivity index (χ1) is 17.4. The van der Waals surface area contributed by atoms with Crippen LogP contribution < -0.4 is 10.3 Å². The van der Waals surface area contributed by atoms with Crippen molar-refractivity contribution >= 4 is 33.3 Å². The Morgan fingerprint density at radius 3 is 2.47 bits per heavy atom. The van der Waals surface area contributed by atoms with Crippen molar-refractivity contribution in [1.82, 2.24) is 9.97 Å². The summed E-state index contributed by atoms with van der Waals surface area (Å²) in [4.78, 5) is 43.9. The zero-order valence-electron chi connectivity index (χ0n) is 20.0. The first-order valence-electron chi connectivity index (χ1n) is 11.4. The lowest BCUT2D eigenvalue weighted by Crippen LogP contribution is -2.16. The number of aromatic amines is 1. The Morgan fingerprint density at radius 1 is 1.00 bits per heavy atom. The van der Waals surface area contributed by atoms with Gasteiger partial charge in [-0.15, -0.1) is 11.3 Å². The molecule has 2 aromatic heterocycles. The van der Waals surface area contributed by atoms with Crippen LogP contribution in [0.3, 0.4) is 0 Å². The Labute approximate surface area is 211 Å². The molecule has 0 radical (unpaired) electrons. The van der Waals surface area contributed by atoms with Crippen molar-refractivity contribution in [2.75, 3.05) is 7.11 Å². The second-order valence-corrected chi connectivity index (χ2v) is 9.08. The van der Waals surface area contributed by atoms with Crippen molar-refractivity contribution in [2.45, 2.75) is 39.6 Å². The molecular formula is C27H26N2O6S. The van der Waals surface area contributed by atoms with Gasteiger partial charge in [-0.25, -0.2) is 4.98 Å². The summed E-state index contributed by atoms with van der Waals surface area (Å²) < 4.78 is 16.0. The average Bonchev–Trinajstić information content (AvgIpc) is 3.30. The summed E-state index contributed by atoms with van der Waals surface area (Å²) in [5.74, 6) is 0.260. The number of ketones is 1. The first kappa shape index (κ1) is 25.3. The predicted molar refractivity (Wildman–Crippen MR) is 136 cm³/mol. The van der Waals surface area contributed by atoms with Gasteiger partial charge in [0.05, 0.1) is 25.7 Å². The number of ether oxygens (including phenoxy) is 3. The number of hydrogen-bond donors (Lipinski definition) is 1. The van der Waals surface area contributed by atoms with Gasteiger partial charge in [-0.2, -0.15) is 0 Å². The summed E-state index contributed by atoms with van der Waals surface area (Å²) in [6.07, 6.45) is 0.745. The highest BCUT2D eigenvalue weighted by molar-refractivity contribution is 7.16. The molecule has 0 bridgehead atoms. The van der Waals surface area contributed by atoms with Gasteiger partial charge in [0, 0.05) is 18.9 Å². The number of esters is 1. The maximum Gasteiger partial charge on any atom is 0.302 e. The quantitative estimate of drug-likeness (QED) is 0.234. The lowest BCUT2D eigenvalue weighted by atomic mass is 10.1. The third-order valence-corrected chi connectivity index (χ3v) is 6.47. The Morgan fingerprint density at radius 2 is 1.75 bits per heavy atom. The molecule has 1 N–H and O–H groups in total. The predicted octanol–water partition coefficient (Wildman–Crippen LogP) is 4.59. The molecule has 186 valence electrons. The van der Waals surface area contributed by atoms with E-state index in [1.807, 2.05) is 53.9 Å². The smallest absolute Gasteiger partial charge is 0.302 e. The number of carbonyl (C=O) groups excluding carboxylic acids is 2. The van der Waals surface area contributed by atoms with Gasteiger partial charge < -0.3 is 19.2 Å². The Hall–Kier alpha value is -3.82. The molecule has 2 aromatic carbocycles. The Bertz CT molecular complexity index is 1420. The van der Waals surface area contributed by atoms with Crippen LogP contribution in [0.2, 0.25) is 0 Å². The van der Waals surface area contributed by atoms with Crippen LogP contribution in [-0.4, -0.2) is 28.8 Å². The molecule has 8 nitrogen and oxygen atoms in total. The number of nitrogens with zero attached hydrogens (tertiary/aromatic N) is 1. The molecule has 9 heteroatoms. The maximum absolute atomic E-state index is 12.8. The second-order valence-electron chi connectivity index (χ2n) is 8.22. The van der Waals surface area contributed by atoms with Gasteiger partial charge in [0.25, 0.3) is 5.56 Å². The molecule has 0 aliphatic rings. The van der Waals surface area contributed by atoms with E-state index in [9.17, 15) is 14.4 Å². The van der Waals surface area contributed by atoms with E-state index < -0.39 is 0 Å². The van der Waals surface area contributed by atoms with E-state index in [2.05, 4.69) is 9.97 Å². The average molecular weight is 507 g/mol. The minimum Gasteiger partial charge on any atom is -0.497 e. The number of aryl methyl sites for hydroxylation is 1. The van der Waals surface area contributed by atoms with Gasteiger partial charge in [-0.05, 0) is 40.6 Å². The highest BCUT2D eigenvalue weighted by Crippen LogP contribution is 2.23. The van der Waals surface area contributed by atoms with Crippen LogP contribution in [0.5, 0.6) is 5.75 Å². The fraction of sp³-hybridized carbons (Fsp3) is 0.259. The molecule has 0 saturated heterocycles. The monoisotopic (exact) mass is 506 g/mol. The van der Waals surface area contributed by atoms with E-state index in [0.717, 1.165) is 28.0 Å². The van der Waals surface area contributed by atoms with Crippen molar-refractivity contribution in [3.63, 3.8) is 0 Å². The SMILES string of the molecule is COc1cccc(CCC(=O)c2nc3scc(COCc4ccc(COC(C)=O)cc4)c3c(=O)[nH]2)c1. The molecule has 0 unspecified atom stereocenters. The number of H-pyrrole nitrogens is 1. The van der Waals surface area contributed by atoms with Crippen LogP contribution in [0.25, 0.3) is 10.2 Å². The summed E-state index contributed by atoms with van der Waals surface area (Å²) >= 11 is 1.31. The van der Waals surface area contributed by atoms with Crippen LogP contribution in [0.4, 0.5) is 0 Å². The number of hydrogen-bond acceptors (Lipinski definition) is 8. The molecule has 36 heavy (non-hydrogen) atoms. The van der Waals surface area contributed by atoms with Crippen LogP contribution in [-0.2, 0) is 40.5 Å². The highest BCUT2D eigenvalue weighted by atomic mass is 32.1. The third kappa shape index (κ3) is 6.44. The molecule has 0 aliphatic heterocycles. The number of methoxy groups -OCH3 is 1. The maximum atomic E-state index is 12.8. The van der Waals surface area contributed by atoms with E-state index in [4.69, 9.17) is 14.2 Å². The lowest BCUT2D eigenvalue weighted by Gasteiger charge is -2.06. The lowest BCUT2D eigenvalue weighted by molar-refractivity contribution is -0.142. The van der Waals surface area contributed by atoms with Crippen molar-refractivity contribution in [3.05, 3.63) is 92.3 Å². The normalized spacial score (nSPS) is 10.9. The van der Waals surface area contributed by atoms with E-state index >= 15 is 0 Å². The molecular weight excluding hydrogens is 480 g/mol. The summed E-state index contributed by atoms with van der Waals surface area (Å²) in [7, 11) is 1.60. The van der Waals surface area contributed by atoms with Crippen molar-refractivity contribution in [2.24, 2.45) is 0 Å². The molecule has 0 fully saturated rings. The van der Waals surface area contributed by atoms with Gasteiger partial charge in [0.15, 0.2) is 11.6 Å². The van der Waals surface area contributed by atoms with Crippen molar-refractivity contribution < 1.29 is 23.8 Å². The molecule has 0 aliphatic carbocycles. The fourth-order valence-corrected chi connectivity index (χ4v) is 4.57. The summed E-state index contributed by atoms with van der Waals surface area (Å²) in [5.41, 5.74) is 3.20. The number of fused-ring (bicyclic) bond motifs is 1. The number of aromatic nitrogens is 2. The van der Waals surface area contributed by atoms with Crippen LogP contribution >= 0.6 is 11.3 Å². The minimum absolute atomic E-state index is 0.0681. The number of Topliss-reactive ketones (excluding diaryl/α,β-unsaturated/α-hetero) is 1. The van der Waals surface area contributed by atoms with E-state index in [-0.39, 0.29) is 42.8 Å². The number of thiophene rings is 1. The van der Waals surface area contributed by atoms with Gasteiger partial charge in [0.2, 0.25) is 0 Å². The van der Waals surface area contributed by atoms with Gasteiger partial charge in [-0.1, -0.05) is 36.4 Å². The summed E-state index contributed by atoms with van der Waals surface area (Å²) in [6, 6.07) is 15.1. The van der Waals surface area contributed by atoms with Gasteiger partial charge in [0.1, 0.15) is 17.2 Å². The zero-order valence-corrected chi connectivity index (χ0v) is 20.9. The molecule has 0 amide bonds. The largest absolute Gasteiger partial charge is 0.497 e. The molecule has 0 saturated carbocycles. The molecule has 0 spiro atoms. The topological polar surface area (TPSA) is 108 Å². The number of nitrogens with one attached hydrogen (secondary N) is 1. The molecule has 0 atom stereocenters. The van der Waals surface area contributed by atoms with E-state index in [1.54, 1.807) is 7.11 Å². The summed E-state index contributed by atoms with van der Waals surface area (Å²) in [5, 5.41) is 2.28. The van der Waals surface area contributed by atoms with Gasteiger partial charge >= 0.3 is 5.97 Å². The van der Waals surface area contributed by atoms with Crippen LogP contribution in [0.1, 0.15) is 46.2 Å². The Kier molecular flexibility index (Phi) is 8.24. The second kappa shape index (κ2) is 11.7.